The number of carbonyl (C=O) groups is 3. The number of ether oxygens (including phenoxy) is 2. The van der Waals surface area contributed by atoms with E-state index in [9.17, 15) is 40.7 Å². The van der Waals surface area contributed by atoms with Gasteiger partial charge in [-0.15, -0.1) is 13.2 Å². The number of anilines is 1. The van der Waals surface area contributed by atoms with Crippen molar-refractivity contribution in [2.24, 2.45) is 0 Å². The molecule has 4 amide bonds. The van der Waals surface area contributed by atoms with E-state index in [2.05, 4.69) is 9.72 Å². The number of urea groups is 1. The molecule has 3 heterocycles. The van der Waals surface area contributed by atoms with Crippen LogP contribution in [0.15, 0.2) is 18.3 Å². The molecular formula is C21H24F6N4O5. The van der Waals surface area contributed by atoms with Crippen molar-refractivity contribution >= 4 is 23.7 Å². The van der Waals surface area contributed by atoms with Crippen molar-refractivity contribution < 1.29 is 50.2 Å². The molecule has 0 saturated carbocycles. The maximum absolute atomic E-state index is 13.5. The summed E-state index contributed by atoms with van der Waals surface area (Å²) in [5, 5.41) is 0. The molecule has 0 aromatic carbocycles. The SMILES string of the molecule is CC(C)(C)OC(=O)N1CCC2(CC1)C(=O)N(c1ccc(C(F)(F)F)nc1)C(=O)N2CCOC(F)(F)F. The number of rotatable bonds is 4. The van der Waals surface area contributed by atoms with Crippen LogP contribution in [0.3, 0.4) is 0 Å². The minimum Gasteiger partial charge on any atom is -0.444 e. The third kappa shape index (κ3) is 5.82. The molecule has 15 heteroatoms. The summed E-state index contributed by atoms with van der Waals surface area (Å²) in [7, 11) is 0. The Morgan fingerprint density at radius 3 is 2.14 bits per heavy atom. The molecule has 0 radical (unpaired) electrons. The first kappa shape index (κ1) is 27.5. The number of alkyl halides is 6. The predicted octanol–water partition coefficient (Wildman–Crippen LogP) is 4.18. The molecule has 2 aliphatic rings. The topological polar surface area (TPSA) is 92.3 Å². The predicted molar refractivity (Wildman–Crippen MR) is 111 cm³/mol. The minimum absolute atomic E-state index is 0.0519. The van der Waals surface area contributed by atoms with Crippen molar-refractivity contribution in [3.8, 4) is 0 Å². The molecule has 0 bridgehead atoms. The zero-order valence-corrected chi connectivity index (χ0v) is 19.6. The van der Waals surface area contributed by atoms with Crippen LogP contribution in [-0.2, 0) is 20.4 Å². The van der Waals surface area contributed by atoms with Crippen LogP contribution in [0.4, 0.5) is 41.6 Å². The highest BCUT2D eigenvalue weighted by atomic mass is 19.4. The lowest BCUT2D eigenvalue weighted by atomic mass is 9.86. The Labute approximate surface area is 201 Å². The van der Waals surface area contributed by atoms with Crippen LogP contribution in [0.2, 0.25) is 0 Å². The Kier molecular flexibility index (Phi) is 7.18. The van der Waals surface area contributed by atoms with Crippen LogP contribution in [0.25, 0.3) is 0 Å². The average Bonchev–Trinajstić information content (AvgIpc) is 2.93. The Morgan fingerprint density at radius 1 is 1.06 bits per heavy atom. The van der Waals surface area contributed by atoms with Gasteiger partial charge < -0.3 is 14.5 Å². The zero-order valence-electron chi connectivity index (χ0n) is 19.6. The second kappa shape index (κ2) is 9.41. The summed E-state index contributed by atoms with van der Waals surface area (Å²) in [6.45, 7) is 3.28. The van der Waals surface area contributed by atoms with Gasteiger partial charge in [-0.3, -0.25) is 9.53 Å². The van der Waals surface area contributed by atoms with E-state index in [0.29, 0.717) is 17.2 Å². The molecule has 3 rings (SSSR count). The highest BCUT2D eigenvalue weighted by molar-refractivity contribution is 6.23. The summed E-state index contributed by atoms with van der Waals surface area (Å²) in [6, 6.07) is 0.437. The number of amides is 4. The molecule has 0 N–H and O–H groups in total. The zero-order chi connectivity index (χ0) is 27.1. The van der Waals surface area contributed by atoms with Crippen molar-refractivity contribution in [3.05, 3.63) is 24.0 Å². The summed E-state index contributed by atoms with van der Waals surface area (Å²) in [4.78, 5) is 45.1. The molecule has 2 saturated heterocycles. The average molecular weight is 526 g/mol. The first-order chi connectivity index (χ1) is 16.4. The second-order valence-corrected chi connectivity index (χ2v) is 9.27. The van der Waals surface area contributed by atoms with Gasteiger partial charge in [0.15, 0.2) is 0 Å². The number of hydrogen-bond donors (Lipinski definition) is 0. The van der Waals surface area contributed by atoms with Crippen LogP contribution in [0, 0.1) is 0 Å². The summed E-state index contributed by atoms with van der Waals surface area (Å²) in [6.07, 6.45) is -9.96. The highest BCUT2D eigenvalue weighted by Gasteiger charge is 2.59. The van der Waals surface area contributed by atoms with E-state index in [0.717, 1.165) is 11.0 Å². The van der Waals surface area contributed by atoms with E-state index >= 15 is 0 Å². The van der Waals surface area contributed by atoms with Crippen LogP contribution < -0.4 is 4.90 Å². The largest absolute Gasteiger partial charge is 0.522 e. The number of piperidine rings is 1. The number of pyridine rings is 1. The van der Waals surface area contributed by atoms with Crippen molar-refractivity contribution in [1.82, 2.24) is 14.8 Å². The first-order valence-electron chi connectivity index (χ1n) is 10.8. The molecule has 2 fully saturated rings. The van der Waals surface area contributed by atoms with E-state index in [4.69, 9.17) is 4.74 Å². The summed E-state index contributed by atoms with van der Waals surface area (Å²) < 4.78 is 85.3. The lowest BCUT2D eigenvalue weighted by molar-refractivity contribution is -0.325. The van der Waals surface area contributed by atoms with Crippen molar-refractivity contribution in [1.29, 1.82) is 0 Å². The van der Waals surface area contributed by atoms with E-state index in [1.807, 2.05) is 0 Å². The third-order valence-electron chi connectivity index (χ3n) is 5.66. The fourth-order valence-electron chi connectivity index (χ4n) is 4.06. The van der Waals surface area contributed by atoms with Crippen molar-refractivity contribution in [3.63, 3.8) is 0 Å². The molecule has 0 atom stereocenters. The van der Waals surface area contributed by atoms with Gasteiger partial charge in [-0.2, -0.15) is 13.2 Å². The summed E-state index contributed by atoms with van der Waals surface area (Å²) in [5.74, 6) is -0.843. The monoisotopic (exact) mass is 526 g/mol. The van der Waals surface area contributed by atoms with Gasteiger partial charge in [0.2, 0.25) is 0 Å². The minimum atomic E-state index is -4.98. The molecule has 9 nitrogen and oxygen atoms in total. The molecule has 36 heavy (non-hydrogen) atoms. The van der Waals surface area contributed by atoms with Crippen molar-refractivity contribution in [2.75, 3.05) is 31.1 Å². The Bertz CT molecular complexity index is 998. The van der Waals surface area contributed by atoms with Crippen LogP contribution in [-0.4, -0.2) is 76.6 Å². The molecule has 1 spiro atoms. The number of imide groups is 1. The molecule has 2 aliphatic heterocycles. The van der Waals surface area contributed by atoms with Crippen LogP contribution in [0.1, 0.15) is 39.3 Å². The van der Waals surface area contributed by atoms with E-state index < -0.39 is 60.6 Å². The first-order valence-corrected chi connectivity index (χ1v) is 10.8. The van der Waals surface area contributed by atoms with Gasteiger partial charge in [0, 0.05) is 19.6 Å². The number of nitrogens with zero attached hydrogens (tertiary/aromatic N) is 4. The standard InChI is InChI=1S/C21H24F6N4O5/c1-18(2,3)36-17(34)29-8-6-19(7-9-29)15(32)31(13-4-5-14(28-12-13)20(22,23)24)16(33)30(19)10-11-35-21(25,26)27/h4-5,12H,6-11H2,1-3H3. The number of carbonyl (C=O) groups excluding carboxylic acids is 3. The van der Waals surface area contributed by atoms with E-state index in [1.54, 1.807) is 20.8 Å². The maximum Gasteiger partial charge on any atom is 0.522 e. The van der Waals surface area contributed by atoms with Crippen molar-refractivity contribution in [2.45, 2.75) is 57.3 Å². The number of halogens is 6. The van der Waals surface area contributed by atoms with Gasteiger partial charge in [-0.05, 0) is 45.7 Å². The Balaban J connectivity index is 1.87. The summed E-state index contributed by atoms with van der Waals surface area (Å²) in [5.41, 5.74) is -3.95. The van der Waals surface area contributed by atoms with Gasteiger partial charge in [-0.25, -0.2) is 19.5 Å². The molecule has 200 valence electrons. The maximum atomic E-state index is 13.5. The molecular weight excluding hydrogens is 502 g/mol. The van der Waals surface area contributed by atoms with Gasteiger partial charge in [-0.1, -0.05) is 0 Å². The fourth-order valence-corrected chi connectivity index (χ4v) is 4.06. The third-order valence-corrected chi connectivity index (χ3v) is 5.66. The Morgan fingerprint density at radius 2 is 1.67 bits per heavy atom. The lowest BCUT2D eigenvalue weighted by Gasteiger charge is -2.42. The van der Waals surface area contributed by atoms with Crippen LogP contribution in [0.5, 0.6) is 0 Å². The number of hydrogen-bond acceptors (Lipinski definition) is 6. The van der Waals surface area contributed by atoms with Gasteiger partial charge in [0.1, 0.15) is 16.8 Å². The normalized spacial score (nSPS) is 18.9. The summed E-state index contributed by atoms with van der Waals surface area (Å²) >= 11 is 0. The second-order valence-electron chi connectivity index (χ2n) is 9.27. The fraction of sp³-hybridized carbons (Fsp3) is 0.619. The van der Waals surface area contributed by atoms with Gasteiger partial charge in [0.25, 0.3) is 5.91 Å². The number of aromatic nitrogens is 1. The number of likely N-dealkylation sites (tertiary alicyclic amines) is 1. The Hall–Kier alpha value is -3.10. The van der Waals surface area contributed by atoms with E-state index in [-0.39, 0.29) is 31.6 Å². The van der Waals surface area contributed by atoms with Crippen LogP contribution >= 0.6 is 0 Å². The smallest absolute Gasteiger partial charge is 0.444 e. The highest BCUT2D eigenvalue weighted by Crippen LogP contribution is 2.40. The van der Waals surface area contributed by atoms with E-state index in [1.165, 1.54) is 4.90 Å². The van der Waals surface area contributed by atoms with Gasteiger partial charge in [0.05, 0.1) is 18.5 Å². The molecule has 0 aliphatic carbocycles. The van der Waals surface area contributed by atoms with Gasteiger partial charge >= 0.3 is 24.7 Å². The molecule has 1 aromatic heterocycles. The molecule has 1 aromatic rings. The lowest BCUT2D eigenvalue weighted by Crippen LogP contribution is -2.58. The quantitative estimate of drug-likeness (QED) is 0.432. The molecule has 0 unspecified atom stereocenters.